The van der Waals surface area contributed by atoms with Gasteiger partial charge in [0.2, 0.25) is 6.54 Å². The van der Waals surface area contributed by atoms with Crippen LogP contribution in [-0.4, -0.2) is 0 Å². The zero-order valence-electron chi connectivity index (χ0n) is 6.03. The van der Waals surface area contributed by atoms with Crippen LogP contribution in [0.1, 0.15) is 0 Å². The van der Waals surface area contributed by atoms with Crippen LogP contribution in [0.25, 0.3) is 0 Å². The van der Waals surface area contributed by atoms with Crippen molar-refractivity contribution < 1.29 is 4.57 Å². The number of hydrogen-bond donors (Lipinski definition) is 0. The van der Waals surface area contributed by atoms with E-state index in [4.69, 9.17) is 5.26 Å². The number of pyridine rings is 1. The molecule has 2 nitrogen and oxygen atoms in total. The number of rotatable bonds is 2. The Labute approximate surface area is 70.5 Å². The van der Waals surface area contributed by atoms with Crippen LogP contribution in [-0.2, 0) is 6.54 Å². The Morgan fingerprint density at radius 3 is 2.64 bits per heavy atom. The first-order valence-electron chi connectivity index (χ1n) is 3.15. The normalized spacial score (nSPS) is 9.09. The highest BCUT2D eigenvalue weighted by Gasteiger charge is 1.96. The highest BCUT2D eigenvalue weighted by atomic mass is 32.2. The molecule has 1 radical (unpaired) electrons. The van der Waals surface area contributed by atoms with Crippen LogP contribution in [0.4, 0.5) is 0 Å². The quantitative estimate of drug-likeness (QED) is 0.488. The zero-order chi connectivity index (χ0) is 8.10. The Kier molecular flexibility index (Phi) is 2.94. The molecule has 0 spiro atoms. The standard InChI is InChI=1S/C8H8N2S/c1-11-8-2-5-10(6-3-8)7-4-9/h2-3,5-6H,1,7H2/q+1. The first-order chi connectivity index (χ1) is 5.36. The van der Waals surface area contributed by atoms with Crippen molar-refractivity contribution >= 4 is 11.8 Å². The maximum atomic E-state index is 8.36. The third-order valence-corrected chi connectivity index (χ3v) is 1.89. The molecule has 0 saturated heterocycles. The van der Waals surface area contributed by atoms with Crippen LogP contribution in [0.15, 0.2) is 29.4 Å². The zero-order valence-corrected chi connectivity index (χ0v) is 6.84. The minimum absolute atomic E-state index is 0.405. The summed E-state index contributed by atoms with van der Waals surface area (Å²) in [6.07, 6.45) is 7.42. The lowest BCUT2D eigenvalue weighted by Gasteiger charge is -1.91. The maximum absolute atomic E-state index is 8.36. The number of nitriles is 1. The van der Waals surface area contributed by atoms with Crippen LogP contribution in [0.5, 0.6) is 0 Å². The molecule has 1 aromatic rings. The van der Waals surface area contributed by atoms with Gasteiger partial charge in [-0.05, 0) is 0 Å². The van der Waals surface area contributed by atoms with Crippen molar-refractivity contribution in [2.45, 2.75) is 11.4 Å². The van der Waals surface area contributed by atoms with Gasteiger partial charge in [0.15, 0.2) is 12.4 Å². The van der Waals surface area contributed by atoms with Crippen molar-refractivity contribution in [1.82, 2.24) is 0 Å². The minimum atomic E-state index is 0.405. The molecule has 0 unspecified atom stereocenters. The molecule has 11 heavy (non-hydrogen) atoms. The fourth-order valence-corrected chi connectivity index (χ4v) is 1.04. The van der Waals surface area contributed by atoms with Crippen molar-refractivity contribution in [2.75, 3.05) is 0 Å². The first kappa shape index (κ1) is 8.09. The Morgan fingerprint density at radius 2 is 2.18 bits per heavy atom. The van der Waals surface area contributed by atoms with Gasteiger partial charge in [-0.25, -0.2) is 0 Å². The van der Waals surface area contributed by atoms with Crippen molar-refractivity contribution in [3.63, 3.8) is 0 Å². The molecule has 1 aromatic heterocycles. The molecule has 0 aliphatic rings. The van der Waals surface area contributed by atoms with Crippen LogP contribution in [0.2, 0.25) is 0 Å². The Morgan fingerprint density at radius 1 is 1.55 bits per heavy atom. The summed E-state index contributed by atoms with van der Waals surface area (Å²) >= 11 is 1.45. The lowest BCUT2D eigenvalue weighted by molar-refractivity contribution is -0.685. The summed E-state index contributed by atoms with van der Waals surface area (Å²) in [7, 11) is 0. The van der Waals surface area contributed by atoms with Crippen molar-refractivity contribution in [1.29, 1.82) is 5.26 Å². The fraction of sp³-hybridized carbons (Fsp3) is 0.125. The molecule has 3 heteroatoms. The largest absolute Gasteiger partial charge is 0.233 e. The van der Waals surface area contributed by atoms with Gasteiger partial charge in [-0.15, -0.1) is 11.8 Å². The number of nitrogens with zero attached hydrogens (tertiary/aromatic N) is 2. The molecule has 0 fully saturated rings. The molecule has 0 N–H and O–H groups in total. The summed E-state index contributed by atoms with van der Waals surface area (Å²) in [4.78, 5) is 1.11. The summed E-state index contributed by atoms with van der Waals surface area (Å²) in [6, 6.07) is 5.94. The van der Waals surface area contributed by atoms with Gasteiger partial charge in [-0.3, -0.25) is 0 Å². The molecular formula is C8H8N2S+. The topological polar surface area (TPSA) is 27.7 Å². The number of hydrogen-bond acceptors (Lipinski definition) is 2. The highest BCUT2D eigenvalue weighted by Crippen LogP contribution is 2.12. The third-order valence-electron chi connectivity index (χ3n) is 1.28. The van der Waals surface area contributed by atoms with Gasteiger partial charge in [-0.2, -0.15) is 9.83 Å². The van der Waals surface area contributed by atoms with E-state index in [9.17, 15) is 0 Å². The maximum Gasteiger partial charge on any atom is 0.233 e. The van der Waals surface area contributed by atoms with Gasteiger partial charge in [0.05, 0.1) is 0 Å². The van der Waals surface area contributed by atoms with E-state index in [1.54, 1.807) is 0 Å². The summed E-state index contributed by atoms with van der Waals surface area (Å²) in [5.74, 6) is 0. The van der Waals surface area contributed by atoms with Crippen molar-refractivity contribution in [3.05, 3.63) is 30.8 Å². The Bertz CT molecular complexity index is 260. The van der Waals surface area contributed by atoms with E-state index in [1.165, 1.54) is 11.8 Å². The molecule has 0 amide bonds. The molecule has 1 rings (SSSR count). The van der Waals surface area contributed by atoms with E-state index in [1.807, 2.05) is 29.1 Å². The molecule has 0 aromatic carbocycles. The van der Waals surface area contributed by atoms with Gasteiger partial charge in [-0.1, -0.05) is 0 Å². The van der Waals surface area contributed by atoms with E-state index in [-0.39, 0.29) is 0 Å². The lowest BCUT2D eigenvalue weighted by atomic mass is 10.5. The molecule has 1 heterocycles. The van der Waals surface area contributed by atoms with E-state index in [0.717, 1.165) is 4.90 Å². The number of aromatic nitrogens is 1. The second-order valence-corrected chi connectivity index (χ2v) is 2.77. The SMILES string of the molecule is [CH2]Sc1cc[n+](CC#N)cc1. The molecule has 55 valence electrons. The van der Waals surface area contributed by atoms with Crippen LogP contribution < -0.4 is 4.57 Å². The van der Waals surface area contributed by atoms with E-state index in [0.29, 0.717) is 6.54 Å². The highest BCUT2D eigenvalue weighted by molar-refractivity contribution is 8.00. The van der Waals surface area contributed by atoms with Gasteiger partial charge in [0.1, 0.15) is 6.07 Å². The van der Waals surface area contributed by atoms with E-state index in [2.05, 4.69) is 12.3 Å². The Balaban J connectivity index is 2.76. The Hall–Kier alpha value is -1.01. The molecule has 0 saturated carbocycles. The van der Waals surface area contributed by atoms with Crippen LogP contribution in [0, 0.1) is 17.6 Å². The molecule has 0 atom stereocenters. The summed E-state index contributed by atoms with van der Waals surface area (Å²) < 4.78 is 1.82. The van der Waals surface area contributed by atoms with Crippen molar-refractivity contribution in [3.8, 4) is 6.07 Å². The second-order valence-electron chi connectivity index (χ2n) is 2.01. The summed E-state index contributed by atoms with van der Waals surface area (Å²) in [5.41, 5.74) is 0. The average Bonchev–Trinajstić information content (AvgIpc) is 2.07. The smallest absolute Gasteiger partial charge is 0.191 e. The first-order valence-corrected chi connectivity index (χ1v) is 4.13. The van der Waals surface area contributed by atoms with Gasteiger partial charge in [0, 0.05) is 23.3 Å². The average molecular weight is 164 g/mol. The van der Waals surface area contributed by atoms with Crippen LogP contribution >= 0.6 is 11.8 Å². The molecule has 0 aliphatic carbocycles. The minimum Gasteiger partial charge on any atom is -0.191 e. The predicted molar refractivity (Wildman–Crippen MR) is 43.5 cm³/mol. The van der Waals surface area contributed by atoms with Gasteiger partial charge in [0.25, 0.3) is 0 Å². The van der Waals surface area contributed by atoms with Crippen molar-refractivity contribution in [2.24, 2.45) is 0 Å². The molecular weight excluding hydrogens is 156 g/mol. The van der Waals surface area contributed by atoms with Gasteiger partial charge < -0.3 is 0 Å². The van der Waals surface area contributed by atoms with E-state index < -0.39 is 0 Å². The second kappa shape index (κ2) is 3.99. The third kappa shape index (κ3) is 2.24. The summed E-state index contributed by atoms with van der Waals surface area (Å²) in [5, 5.41) is 8.36. The summed E-state index contributed by atoms with van der Waals surface area (Å²) in [6.45, 7) is 0.405. The molecule has 0 aliphatic heterocycles. The monoisotopic (exact) mass is 164 g/mol. The van der Waals surface area contributed by atoms with Crippen LogP contribution in [0.3, 0.4) is 0 Å². The fourth-order valence-electron chi connectivity index (χ4n) is 0.727. The molecule has 0 bridgehead atoms. The van der Waals surface area contributed by atoms with Gasteiger partial charge >= 0.3 is 0 Å². The lowest BCUT2D eigenvalue weighted by Crippen LogP contribution is -2.31. The predicted octanol–water partition coefficient (Wildman–Crippen LogP) is 1.38. The number of thioether (sulfide) groups is 1. The van der Waals surface area contributed by atoms with E-state index >= 15 is 0 Å².